The fourth-order valence-corrected chi connectivity index (χ4v) is 7.32. The minimum atomic E-state index is -3.97. The smallest absolute Gasteiger partial charge is 0.325 e. The highest BCUT2D eigenvalue weighted by Gasteiger charge is 2.63. The predicted molar refractivity (Wildman–Crippen MR) is 138 cm³/mol. The van der Waals surface area contributed by atoms with Crippen LogP contribution in [0.5, 0.6) is 5.75 Å². The monoisotopic (exact) mass is 506 g/mol. The molecule has 1 N–H and O–H groups in total. The highest BCUT2D eigenvalue weighted by atomic mass is 32.2. The molecule has 0 aliphatic carbocycles. The van der Waals surface area contributed by atoms with E-state index in [0.29, 0.717) is 6.42 Å². The number of fused-ring (bicyclic) bond motifs is 2. The molecule has 1 fully saturated rings. The van der Waals surface area contributed by atoms with Gasteiger partial charge in [-0.3, -0.25) is 4.79 Å². The third-order valence-electron chi connectivity index (χ3n) is 7.35. The number of carbonyl (C=O) groups excluding carboxylic acids is 1. The molecule has 5 rings (SSSR count). The fraction of sp³-hybridized carbons (Fsp3) is 0.321. The number of sulfonamides is 1. The number of carbonyl (C=O) groups is 1. The van der Waals surface area contributed by atoms with E-state index in [4.69, 9.17) is 9.47 Å². The molecule has 0 bridgehead atoms. The van der Waals surface area contributed by atoms with Gasteiger partial charge in [0.15, 0.2) is 0 Å². The molecule has 3 atom stereocenters. The number of benzene rings is 3. The van der Waals surface area contributed by atoms with Gasteiger partial charge >= 0.3 is 5.97 Å². The van der Waals surface area contributed by atoms with Crippen LogP contribution in [0.3, 0.4) is 0 Å². The van der Waals surface area contributed by atoms with E-state index < -0.39 is 27.4 Å². The van der Waals surface area contributed by atoms with Crippen LogP contribution < -0.4 is 10.1 Å². The van der Waals surface area contributed by atoms with Crippen LogP contribution in [-0.2, 0) is 25.0 Å². The summed E-state index contributed by atoms with van der Waals surface area (Å²) in [5, 5.41) is 3.60. The van der Waals surface area contributed by atoms with Crippen LogP contribution in [-0.4, -0.2) is 45.0 Å². The van der Waals surface area contributed by atoms with E-state index in [9.17, 15) is 13.2 Å². The van der Waals surface area contributed by atoms with Gasteiger partial charge in [-0.05, 0) is 61.7 Å². The second-order valence-corrected chi connectivity index (χ2v) is 11.2. The summed E-state index contributed by atoms with van der Waals surface area (Å²) in [6.45, 7) is 4.00. The Kier molecular flexibility index (Phi) is 6.26. The number of anilines is 1. The van der Waals surface area contributed by atoms with E-state index >= 15 is 0 Å². The number of rotatable bonds is 6. The predicted octanol–water partition coefficient (Wildman–Crippen LogP) is 4.43. The lowest BCUT2D eigenvalue weighted by atomic mass is 9.69. The molecule has 0 amide bonds. The van der Waals surface area contributed by atoms with Gasteiger partial charge in [0.05, 0.1) is 30.1 Å². The Hall–Kier alpha value is -3.36. The lowest BCUT2D eigenvalue weighted by Gasteiger charge is -2.38. The molecule has 2 aliphatic heterocycles. The van der Waals surface area contributed by atoms with Gasteiger partial charge < -0.3 is 14.8 Å². The number of esters is 1. The molecular weight excluding hydrogens is 476 g/mol. The van der Waals surface area contributed by atoms with Gasteiger partial charge in [0.1, 0.15) is 11.8 Å². The first-order valence-electron chi connectivity index (χ1n) is 12.1. The van der Waals surface area contributed by atoms with Crippen molar-refractivity contribution in [3.05, 3.63) is 89.5 Å². The van der Waals surface area contributed by atoms with Gasteiger partial charge in [-0.1, -0.05) is 48.0 Å². The molecule has 188 valence electrons. The first-order valence-corrected chi connectivity index (χ1v) is 13.5. The largest absolute Gasteiger partial charge is 0.497 e. The first kappa shape index (κ1) is 24.3. The zero-order valence-corrected chi connectivity index (χ0v) is 21.4. The van der Waals surface area contributed by atoms with E-state index in [1.165, 1.54) is 4.31 Å². The molecule has 0 aromatic heterocycles. The van der Waals surface area contributed by atoms with E-state index in [0.717, 1.165) is 28.1 Å². The zero-order valence-electron chi connectivity index (χ0n) is 20.6. The molecule has 3 aromatic rings. The van der Waals surface area contributed by atoms with Gasteiger partial charge in [-0.25, -0.2) is 8.42 Å². The van der Waals surface area contributed by atoms with Crippen molar-refractivity contribution in [3.8, 4) is 5.75 Å². The molecule has 7 nitrogen and oxygen atoms in total. The second-order valence-electron chi connectivity index (χ2n) is 9.27. The quantitative estimate of drug-likeness (QED) is 0.498. The molecule has 1 saturated heterocycles. The number of ether oxygens (including phenoxy) is 2. The number of methoxy groups -OCH3 is 1. The highest BCUT2D eigenvalue weighted by Crippen LogP contribution is 2.57. The average molecular weight is 507 g/mol. The summed E-state index contributed by atoms with van der Waals surface area (Å²) >= 11 is 0. The lowest BCUT2D eigenvalue weighted by Crippen LogP contribution is -2.52. The molecule has 2 heterocycles. The van der Waals surface area contributed by atoms with Crippen LogP contribution in [0, 0.1) is 6.92 Å². The zero-order chi connectivity index (χ0) is 25.5. The maximum absolute atomic E-state index is 13.9. The summed E-state index contributed by atoms with van der Waals surface area (Å²) in [7, 11) is -2.35. The molecule has 3 aromatic carbocycles. The standard InChI is InChI=1S/C28H30N2O5S/c1-4-35-27(31)26-28(17-18-30(26)36(32,33)22-15-9-19(2)10-16-22)23-7-5-6-8-24(23)29-25(28)20-11-13-21(34-3)14-12-20/h5-16,25-26,29H,4,17-18H2,1-3H3/t25-,26-,28-/m0/s1. The highest BCUT2D eigenvalue weighted by molar-refractivity contribution is 7.89. The first-order chi connectivity index (χ1) is 17.3. The molecule has 8 heteroatoms. The van der Waals surface area contributed by atoms with Gasteiger partial charge in [0, 0.05) is 12.2 Å². The Morgan fingerprint density at radius 3 is 2.42 bits per heavy atom. The molecule has 2 aliphatic rings. The van der Waals surface area contributed by atoms with Crippen molar-refractivity contribution in [1.29, 1.82) is 0 Å². The van der Waals surface area contributed by atoms with Crippen molar-refractivity contribution in [2.75, 3.05) is 25.6 Å². The van der Waals surface area contributed by atoms with Crippen LogP contribution in [0.15, 0.2) is 77.7 Å². The number of para-hydroxylation sites is 1. The van der Waals surface area contributed by atoms with Crippen LogP contribution in [0.2, 0.25) is 0 Å². The molecule has 0 radical (unpaired) electrons. The van der Waals surface area contributed by atoms with E-state index in [1.54, 1.807) is 38.3 Å². The fourth-order valence-electron chi connectivity index (χ4n) is 5.69. The summed E-state index contributed by atoms with van der Waals surface area (Å²) in [4.78, 5) is 13.8. The Balaban J connectivity index is 1.68. The van der Waals surface area contributed by atoms with Crippen LogP contribution in [0.4, 0.5) is 5.69 Å². The van der Waals surface area contributed by atoms with Crippen molar-refractivity contribution in [2.45, 2.75) is 42.7 Å². The summed E-state index contributed by atoms with van der Waals surface area (Å²) in [5.74, 6) is 0.183. The topological polar surface area (TPSA) is 84.9 Å². The number of hydrogen-bond donors (Lipinski definition) is 1. The molecule has 36 heavy (non-hydrogen) atoms. The summed E-state index contributed by atoms with van der Waals surface area (Å²) in [5.41, 5.74) is 2.86. The number of nitrogens with one attached hydrogen (secondary N) is 1. The number of aryl methyl sites for hydroxylation is 1. The van der Waals surface area contributed by atoms with Crippen molar-refractivity contribution >= 4 is 21.7 Å². The van der Waals surface area contributed by atoms with E-state index in [2.05, 4.69) is 5.32 Å². The Morgan fingerprint density at radius 1 is 1.06 bits per heavy atom. The van der Waals surface area contributed by atoms with Crippen molar-refractivity contribution in [1.82, 2.24) is 4.31 Å². The third-order valence-corrected chi connectivity index (χ3v) is 9.23. The van der Waals surface area contributed by atoms with Crippen molar-refractivity contribution in [2.24, 2.45) is 0 Å². The van der Waals surface area contributed by atoms with Crippen LogP contribution in [0.25, 0.3) is 0 Å². The van der Waals surface area contributed by atoms with Gasteiger partial charge in [-0.2, -0.15) is 4.31 Å². The Morgan fingerprint density at radius 2 is 1.75 bits per heavy atom. The van der Waals surface area contributed by atoms with Crippen LogP contribution >= 0.6 is 0 Å². The minimum Gasteiger partial charge on any atom is -0.497 e. The minimum absolute atomic E-state index is 0.159. The Labute approximate surface area is 212 Å². The number of nitrogens with zero attached hydrogens (tertiary/aromatic N) is 1. The second kappa shape index (κ2) is 9.26. The number of hydrogen-bond acceptors (Lipinski definition) is 6. The Bertz CT molecular complexity index is 1370. The SMILES string of the molecule is CCOC(=O)[C@@H]1N(S(=O)(=O)c2ccc(C)cc2)CC[C@@]12c1ccccc1N[C@H]2c1ccc(OC)cc1. The van der Waals surface area contributed by atoms with E-state index in [1.807, 2.05) is 55.5 Å². The lowest BCUT2D eigenvalue weighted by molar-refractivity contribution is -0.149. The van der Waals surface area contributed by atoms with E-state index in [-0.39, 0.29) is 24.1 Å². The maximum Gasteiger partial charge on any atom is 0.325 e. The maximum atomic E-state index is 13.9. The van der Waals surface area contributed by atoms with Gasteiger partial charge in [-0.15, -0.1) is 0 Å². The molecular formula is C28H30N2O5S. The molecule has 1 spiro atoms. The van der Waals surface area contributed by atoms with Gasteiger partial charge in [0.25, 0.3) is 0 Å². The normalized spacial score (nSPS) is 23.3. The third kappa shape index (κ3) is 3.76. The van der Waals surface area contributed by atoms with Crippen molar-refractivity contribution < 1.29 is 22.7 Å². The summed E-state index contributed by atoms with van der Waals surface area (Å²) < 4.78 is 40.1. The van der Waals surface area contributed by atoms with Crippen LogP contribution in [0.1, 0.15) is 36.1 Å². The summed E-state index contributed by atoms with van der Waals surface area (Å²) in [6, 6.07) is 20.9. The molecule has 0 unspecified atom stereocenters. The van der Waals surface area contributed by atoms with Gasteiger partial charge in [0.2, 0.25) is 10.0 Å². The van der Waals surface area contributed by atoms with Crippen molar-refractivity contribution in [3.63, 3.8) is 0 Å². The average Bonchev–Trinajstić information content (AvgIpc) is 3.45. The molecule has 0 saturated carbocycles. The summed E-state index contributed by atoms with van der Waals surface area (Å²) in [6.07, 6.45) is 0.461.